The molecule has 0 spiro atoms. The van der Waals surface area contributed by atoms with Crippen molar-refractivity contribution < 1.29 is 9.90 Å². The number of rotatable bonds is 1. The van der Waals surface area contributed by atoms with E-state index in [4.69, 9.17) is 5.11 Å². The van der Waals surface area contributed by atoms with Crippen LogP contribution in [0.15, 0.2) is 6.07 Å². The molecule has 0 aliphatic carbocycles. The van der Waals surface area contributed by atoms with Gasteiger partial charge in [-0.05, 0) is 12.8 Å². The summed E-state index contributed by atoms with van der Waals surface area (Å²) >= 11 is 0. The van der Waals surface area contributed by atoms with Crippen LogP contribution in [0.1, 0.15) is 11.5 Å². The monoisotopic (exact) mass is 246 g/mol. The van der Waals surface area contributed by atoms with Gasteiger partial charge in [0.1, 0.15) is 17.3 Å². The van der Waals surface area contributed by atoms with E-state index in [0.717, 1.165) is 32.0 Å². The average Bonchev–Trinajstić information content (AvgIpc) is 2.37. The number of carbonyl (C=O) groups is 1. The number of aromatic nitrogens is 2. The standard InChI is InChI=1S/C12H14N4O2/c1-9-14-10(2-3-12(17)18)8-11(15-9)16-6-4-13-5-7-16/h8,13H,4-7H2,1H3,(H,17,18). The van der Waals surface area contributed by atoms with Crippen LogP contribution in [0.5, 0.6) is 0 Å². The normalized spacial score (nSPS) is 14.8. The molecule has 2 heterocycles. The Kier molecular flexibility index (Phi) is 3.75. The van der Waals surface area contributed by atoms with Crippen molar-refractivity contribution in [2.24, 2.45) is 0 Å². The molecule has 0 unspecified atom stereocenters. The summed E-state index contributed by atoms with van der Waals surface area (Å²) in [5, 5.41) is 11.8. The number of anilines is 1. The third kappa shape index (κ3) is 3.18. The third-order valence-corrected chi connectivity index (χ3v) is 2.56. The van der Waals surface area contributed by atoms with E-state index in [1.165, 1.54) is 0 Å². The van der Waals surface area contributed by atoms with Crippen LogP contribution in [0.25, 0.3) is 0 Å². The number of carboxylic acids is 1. The molecule has 1 aromatic heterocycles. The van der Waals surface area contributed by atoms with Crippen molar-refractivity contribution in [1.29, 1.82) is 0 Å². The lowest BCUT2D eigenvalue weighted by molar-refractivity contribution is -0.130. The molecule has 0 atom stereocenters. The summed E-state index contributed by atoms with van der Waals surface area (Å²) in [7, 11) is 0. The molecular weight excluding hydrogens is 232 g/mol. The number of aryl methyl sites for hydroxylation is 1. The van der Waals surface area contributed by atoms with Crippen molar-refractivity contribution in [3.05, 3.63) is 17.6 Å². The van der Waals surface area contributed by atoms with E-state index in [1.54, 1.807) is 13.0 Å². The molecule has 0 radical (unpaired) electrons. The Labute approximate surface area is 105 Å². The van der Waals surface area contributed by atoms with Crippen molar-refractivity contribution >= 4 is 11.8 Å². The zero-order valence-electron chi connectivity index (χ0n) is 10.1. The van der Waals surface area contributed by atoms with E-state index in [2.05, 4.69) is 32.0 Å². The van der Waals surface area contributed by atoms with Crippen LogP contribution in [0.2, 0.25) is 0 Å². The first-order valence-corrected chi connectivity index (χ1v) is 5.71. The lowest BCUT2D eigenvalue weighted by Crippen LogP contribution is -2.44. The first-order chi connectivity index (χ1) is 8.65. The van der Waals surface area contributed by atoms with Gasteiger partial charge < -0.3 is 15.3 Å². The summed E-state index contributed by atoms with van der Waals surface area (Å²) in [5.41, 5.74) is 0.443. The molecule has 6 nitrogen and oxygen atoms in total. The Balaban J connectivity index is 2.26. The van der Waals surface area contributed by atoms with E-state index in [-0.39, 0.29) is 0 Å². The number of carboxylic acid groups (broad SMARTS) is 1. The van der Waals surface area contributed by atoms with Gasteiger partial charge in [0.05, 0.1) is 0 Å². The van der Waals surface area contributed by atoms with E-state index < -0.39 is 5.97 Å². The summed E-state index contributed by atoms with van der Waals surface area (Å²) in [4.78, 5) is 21.0. The van der Waals surface area contributed by atoms with Crippen molar-refractivity contribution in [3.8, 4) is 11.8 Å². The Hall–Kier alpha value is -2.13. The molecule has 1 aliphatic heterocycles. The second-order valence-electron chi connectivity index (χ2n) is 3.95. The molecular formula is C12H14N4O2. The van der Waals surface area contributed by atoms with E-state index in [1.807, 2.05) is 0 Å². The lowest BCUT2D eigenvalue weighted by Gasteiger charge is -2.28. The molecule has 0 bridgehead atoms. The Bertz CT molecular complexity index is 513. The molecule has 6 heteroatoms. The van der Waals surface area contributed by atoms with Crippen molar-refractivity contribution in [1.82, 2.24) is 15.3 Å². The molecule has 2 N–H and O–H groups in total. The van der Waals surface area contributed by atoms with Crippen LogP contribution in [-0.2, 0) is 4.79 Å². The minimum absolute atomic E-state index is 0.443. The lowest BCUT2D eigenvalue weighted by atomic mass is 10.3. The topological polar surface area (TPSA) is 78.3 Å². The van der Waals surface area contributed by atoms with Crippen molar-refractivity contribution in [2.75, 3.05) is 31.1 Å². The fraction of sp³-hybridized carbons (Fsp3) is 0.417. The highest BCUT2D eigenvalue weighted by molar-refractivity contribution is 5.87. The van der Waals surface area contributed by atoms with Gasteiger partial charge in [0.25, 0.3) is 0 Å². The summed E-state index contributed by atoms with van der Waals surface area (Å²) in [6.45, 7) is 5.36. The fourth-order valence-corrected chi connectivity index (χ4v) is 1.79. The van der Waals surface area contributed by atoms with E-state index >= 15 is 0 Å². The molecule has 94 valence electrons. The van der Waals surface area contributed by atoms with Gasteiger partial charge in [-0.3, -0.25) is 0 Å². The van der Waals surface area contributed by atoms with Gasteiger partial charge in [-0.2, -0.15) is 0 Å². The van der Waals surface area contributed by atoms with Crippen molar-refractivity contribution in [3.63, 3.8) is 0 Å². The molecule has 2 rings (SSSR count). The summed E-state index contributed by atoms with van der Waals surface area (Å²) in [5.74, 6) is 4.83. The van der Waals surface area contributed by atoms with Gasteiger partial charge in [-0.1, -0.05) is 0 Å². The summed E-state index contributed by atoms with van der Waals surface area (Å²) in [6.07, 6.45) is 0. The van der Waals surface area contributed by atoms with Gasteiger partial charge >= 0.3 is 5.97 Å². The van der Waals surface area contributed by atoms with Crippen molar-refractivity contribution in [2.45, 2.75) is 6.92 Å². The maximum atomic E-state index is 10.4. The Morgan fingerprint density at radius 1 is 1.44 bits per heavy atom. The average molecular weight is 246 g/mol. The number of hydrogen-bond acceptors (Lipinski definition) is 5. The zero-order valence-corrected chi connectivity index (χ0v) is 10.1. The number of hydrogen-bond donors (Lipinski definition) is 2. The summed E-state index contributed by atoms with van der Waals surface area (Å²) < 4.78 is 0. The molecule has 0 amide bonds. The SMILES string of the molecule is Cc1nc(C#CC(=O)O)cc(N2CCNCC2)n1. The van der Waals surface area contributed by atoms with Gasteiger partial charge in [0.2, 0.25) is 0 Å². The molecule has 1 fully saturated rings. The van der Waals surface area contributed by atoms with Crippen LogP contribution in [-0.4, -0.2) is 47.2 Å². The van der Waals surface area contributed by atoms with Crippen LogP contribution >= 0.6 is 0 Å². The maximum Gasteiger partial charge on any atom is 0.382 e. The van der Waals surface area contributed by atoms with Crippen LogP contribution in [0.4, 0.5) is 5.82 Å². The number of piperazine rings is 1. The minimum Gasteiger partial charge on any atom is -0.472 e. The Morgan fingerprint density at radius 2 is 2.17 bits per heavy atom. The Morgan fingerprint density at radius 3 is 2.83 bits per heavy atom. The van der Waals surface area contributed by atoms with Crippen LogP contribution in [0, 0.1) is 18.8 Å². The molecule has 1 saturated heterocycles. The van der Waals surface area contributed by atoms with Gasteiger partial charge in [-0.25, -0.2) is 14.8 Å². The van der Waals surface area contributed by atoms with Gasteiger partial charge in [0.15, 0.2) is 0 Å². The smallest absolute Gasteiger partial charge is 0.382 e. The predicted molar refractivity (Wildman–Crippen MR) is 66.4 cm³/mol. The first-order valence-electron chi connectivity index (χ1n) is 5.71. The molecule has 1 aromatic rings. The second-order valence-corrected chi connectivity index (χ2v) is 3.95. The highest BCUT2D eigenvalue weighted by Crippen LogP contribution is 2.12. The number of aliphatic carboxylic acids is 1. The predicted octanol–water partition coefficient (Wildman–Crippen LogP) is -0.369. The van der Waals surface area contributed by atoms with Gasteiger partial charge in [-0.15, -0.1) is 0 Å². The largest absolute Gasteiger partial charge is 0.472 e. The molecule has 18 heavy (non-hydrogen) atoms. The zero-order chi connectivity index (χ0) is 13.0. The van der Waals surface area contributed by atoms with E-state index in [9.17, 15) is 4.79 Å². The minimum atomic E-state index is -1.16. The first kappa shape index (κ1) is 12.3. The van der Waals surface area contributed by atoms with Crippen LogP contribution in [0.3, 0.4) is 0 Å². The second kappa shape index (κ2) is 5.47. The molecule has 1 aliphatic rings. The van der Waals surface area contributed by atoms with Crippen LogP contribution < -0.4 is 10.2 Å². The fourth-order valence-electron chi connectivity index (χ4n) is 1.79. The quantitative estimate of drug-likeness (QED) is 0.658. The number of nitrogens with one attached hydrogen (secondary N) is 1. The molecule has 0 aromatic carbocycles. The molecule has 0 saturated carbocycles. The third-order valence-electron chi connectivity index (χ3n) is 2.56. The maximum absolute atomic E-state index is 10.4. The van der Waals surface area contributed by atoms with Gasteiger partial charge in [0, 0.05) is 38.2 Å². The highest BCUT2D eigenvalue weighted by atomic mass is 16.4. The number of nitrogens with zero attached hydrogens (tertiary/aromatic N) is 3. The highest BCUT2D eigenvalue weighted by Gasteiger charge is 2.12. The van der Waals surface area contributed by atoms with E-state index in [0.29, 0.717) is 11.5 Å². The summed E-state index contributed by atoms with van der Waals surface area (Å²) in [6, 6.07) is 1.73.